The van der Waals surface area contributed by atoms with Gasteiger partial charge in [-0.05, 0) is 53.1 Å². The van der Waals surface area contributed by atoms with E-state index in [0.717, 1.165) is 28.3 Å². The third kappa shape index (κ3) is 2.63. The smallest absolute Gasteiger partial charge is 0.162 e. The molecule has 2 N–H and O–H groups in total. The first-order chi connectivity index (χ1) is 15.7. The summed E-state index contributed by atoms with van der Waals surface area (Å²) in [4.78, 5) is 20.3. The molecule has 0 bridgehead atoms. The number of hydrogen-bond acceptors (Lipinski definition) is 7. The number of rotatable bonds is 2. The number of thiophene rings is 1. The Kier molecular flexibility index (Phi) is 4.17. The van der Waals surface area contributed by atoms with Crippen molar-refractivity contribution in [3.05, 3.63) is 99.0 Å². The standard InChI is InChI=1S/C25H18N4O2S/c26-12-17-22(14-7-9-32-13-14)23-19(10-15(11-20(23)30)21-6-3-8-31-21)29-18-5-2-1-4-16(18)24(27)28-25(17)29/h1-9,13,15,22H,10-11H2,(H2,27,28). The molecule has 2 aromatic heterocycles. The van der Waals surface area contributed by atoms with Crippen molar-refractivity contribution in [2.24, 2.45) is 10.7 Å². The number of allylic oxidation sites excluding steroid dienone is 3. The molecule has 0 saturated heterocycles. The lowest BCUT2D eigenvalue weighted by atomic mass is 9.73. The molecule has 7 heteroatoms. The fourth-order valence-electron chi connectivity index (χ4n) is 5.01. The van der Waals surface area contributed by atoms with Gasteiger partial charge in [0.15, 0.2) is 11.6 Å². The molecule has 0 radical (unpaired) electrons. The zero-order valence-corrected chi connectivity index (χ0v) is 17.8. The molecule has 0 fully saturated rings. The van der Waals surface area contributed by atoms with Crippen LogP contribution in [-0.4, -0.2) is 11.6 Å². The van der Waals surface area contributed by atoms with Crippen LogP contribution in [-0.2, 0) is 4.79 Å². The molecule has 0 amide bonds. The predicted molar refractivity (Wildman–Crippen MR) is 122 cm³/mol. The minimum atomic E-state index is -0.445. The van der Waals surface area contributed by atoms with Gasteiger partial charge in [0.1, 0.15) is 11.6 Å². The Balaban J connectivity index is 1.63. The number of anilines is 1. The number of nitrogens with zero attached hydrogens (tertiary/aromatic N) is 3. The largest absolute Gasteiger partial charge is 0.469 e. The molecule has 32 heavy (non-hydrogen) atoms. The van der Waals surface area contributed by atoms with Crippen LogP contribution in [0.2, 0.25) is 0 Å². The van der Waals surface area contributed by atoms with Gasteiger partial charge in [0.2, 0.25) is 0 Å². The van der Waals surface area contributed by atoms with Gasteiger partial charge in [0.25, 0.3) is 0 Å². The van der Waals surface area contributed by atoms with E-state index in [0.29, 0.717) is 35.6 Å². The Hall–Kier alpha value is -3.89. The summed E-state index contributed by atoms with van der Waals surface area (Å²) in [5.74, 6) is 1.19. The molecule has 3 aliphatic rings. The highest BCUT2D eigenvalue weighted by atomic mass is 32.1. The summed E-state index contributed by atoms with van der Waals surface area (Å²) in [5.41, 5.74) is 10.9. The maximum absolute atomic E-state index is 13.6. The van der Waals surface area contributed by atoms with Crippen LogP contribution in [0.15, 0.2) is 91.6 Å². The Labute approximate surface area is 188 Å². The van der Waals surface area contributed by atoms with Gasteiger partial charge < -0.3 is 10.2 Å². The molecular weight excluding hydrogens is 420 g/mol. The number of amidine groups is 1. The number of hydrogen-bond donors (Lipinski definition) is 1. The zero-order chi connectivity index (χ0) is 21.8. The van der Waals surface area contributed by atoms with Gasteiger partial charge in [0, 0.05) is 29.2 Å². The number of nitriles is 1. The van der Waals surface area contributed by atoms with Crippen molar-refractivity contribution < 1.29 is 9.21 Å². The van der Waals surface area contributed by atoms with Gasteiger partial charge in [-0.3, -0.25) is 9.69 Å². The van der Waals surface area contributed by atoms with E-state index >= 15 is 0 Å². The number of carbonyl (C=O) groups is 1. The quantitative estimate of drug-likeness (QED) is 0.620. The van der Waals surface area contributed by atoms with Gasteiger partial charge in [-0.2, -0.15) is 16.6 Å². The first kappa shape index (κ1) is 18.8. The number of ketones is 1. The molecule has 6 nitrogen and oxygen atoms in total. The van der Waals surface area contributed by atoms with Crippen LogP contribution in [0.25, 0.3) is 0 Å². The van der Waals surface area contributed by atoms with E-state index < -0.39 is 5.92 Å². The molecule has 6 rings (SSSR count). The molecule has 1 aliphatic carbocycles. The van der Waals surface area contributed by atoms with E-state index in [-0.39, 0.29) is 11.7 Å². The minimum absolute atomic E-state index is 0.0376. The van der Waals surface area contributed by atoms with Crippen LogP contribution in [0.4, 0.5) is 5.69 Å². The summed E-state index contributed by atoms with van der Waals surface area (Å²) in [6.45, 7) is 0. The van der Waals surface area contributed by atoms with E-state index in [9.17, 15) is 10.1 Å². The number of furan rings is 1. The highest BCUT2D eigenvalue weighted by Crippen LogP contribution is 2.51. The van der Waals surface area contributed by atoms with E-state index in [1.54, 1.807) is 17.6 Å². The van der Waals surface area contributed by atoms with Crippen molar-refractivity contribution in [1.29, 1.82) is 5.26 Å². The Morgan fingerprint density at radius 1 is 1.19 bits per heavy atom. The van der Waals surface area contributed by atoms with Crippen LogP contribution < -0.4 is 10.6 Å². The van der Waals surface area contributed by atoms with Crippen molar-refractivity contribution in [2.75, 3.05) is 4.90 Å². The number of carbonyl (C=O) groups excluding carboxylic acids is 1. The number of benzene rings is 1. The highest BCUT2D eigenvalue weighted by Gasteiger charge is 2.45. The van der Waals surface area contributed by atoms with Crippen LogP contribution in [0, 0.1) is 11.3 Å². The summed E-state index contributed by atoms with van der Waals surface area (Å²) < 4.78 is 5.66. The number of Topliss-reactive ketones (excluding diaryl/α,β-unsaturated/α-hetero) is 1. The summed E-state index contributed by atoms with van der Waals surface area (Å²) >= 11 is 1.55. The van der Waals surface area contributed by atoms with E-state index in [2.05, 4.69) is 11.1 Å². The second kappa shape index (κ2) is 7.08. The second-order valence-corrected chi connectivity index (χ2v) is 8.87. The third-order valence-electron chi connectivity index (χ3n) is 6.37. The molecule has 2 unspecified atom stereocenters. The first-order valence-electron chi connectivity index (χ1n) is 10.4. The van der Waals surface area contributed by atoms with Crippen molar-refractivity contribution in [1.82, 2.24) is 0 Å². The Morgan fingerprint density at radius 3 is 2.81 bits per heavy atom. The van der Waals surface area contributed by atoms with Gasteiger partial charge in [-0.25, -0.2) is 4.99 Å². The maximum atomic E-state index is 13.6. The predicted octanol–water partition coefficient (Wildman–Crippen LogP) is 4.80. The van der Waals surface area contributed by atoms with Crippen molar-refractivity contribution >= 4 is 28.6 Å². The van der Waals surface area contributed by atoms with Gasteiger partial charge >= 0.3 is 0 Å². The number of para-hydroxylation sites is 1. The number of fused-ring (bicyclic) bond motifs is 4. The average molecular weight is 439 g/mol. The number of nitrogens with two attached hydrogens (primary N) is 1. The van der Waals surface area contributed by atoms with Crippen LogP contribution in [0.3, 0.4) is 0 Å². The molecule has 2 aliphatic heterocycles. The molecular formula is C25H18N4O2S. The van der Waals surface area contributed by atoms with E-state index in [1.807, 2.05) is 58.1 Å². The molecule has 0 saturated carbocycles. The topological polar surface area (TPSA) is 95.6 Å². The lowest BCUT2D eigenvalue weighted by molar-refractivity contribution is -0.116. The normalized spacial score (nSPS) is 22.2. The maximum Gasteiger partial charge on any atom is 0.162 e. The highest BCUT2D eigenvalue weighted by molar-refractivity contribution is 7.08. The molecule has 1 aromatic carbocycles. The summed E-state index contributed by atoms with van der Waals surface area (Å²) in [6.07, 6.45) is 2.60. The van der Waals surface area contributed by atoms with Gasteiger partial charge in [-0.1, -0.05) is 12.1 Å². The first-order valence-corrected chi connectivity index (χ1v) is 11.3. The zero-order valence-electron chi connectivity index (χ0n) is 17.0. The minimum Gasteiger partial charge on any atom is -0.469 e. The fraction of sp³-hybridized carbons (Fsp3) is 0.160. The van der Waals surface area contributed by atoms with E-state index in [4.69, 9.17) is 10.2 Å². The lowest BCUT2D eigenvalue weighted by Gasteiger charge is -2.42. The second-order valence-electron chi connectivity index (χ2n) is 8.09. The van der Waals surface area contributed by atoms with Crippen molar-refractivity contribution in [3.8, 4) is 6.07 Å². The Morgan fingerprint density at radius 2 is 2.06 bits per heavy atom. The fourth-order valence-corrected chi connectivity index (χ4v) is 5.70. The molecule has 2 atom stereocenters. The molecule has 3 aromatic rings. The summed E-state index contributed by atoms with van der Waals surface area (Å²) in [5, 5.41) is 14.2. The van der Waals surface area contributed by atoms with Crippen LogP contribution in [0.5, 0.6) is 0 Å². The lowest BCUT2D eigenvalue weighted by Crippen LogP contribution is -2.40. The molecule has 156 valence electrons. The van der Waals surface area contributed by atoms with Gasteiger partial charge in [0.05, 0.1) is 29.5 Å². The van der Waals surface area contributed by atoms with E-state index in [1.165, 1.54) is 0 Å². The third-order valence-corrected chi connectivity index (χ3v) is 7.07. The SMILES string of the molecule is N#CC1=C2N=C(N)c3ccccc3N2C2=C(C(=O)CC(c3ccco3)C2)C1c1ccsc1. The monoisotopic (exact) mass is 438 g/mol. The summed E-state index contributed by atoms with van der Waals surface area (Å²) in [6, 6.07) is 15.8. The van der Waals surface area contributed by atoms with Crippen molar-refractivity contribution in [3.63, 3.8) is 0 Å². The molecule has 0 spiro atoms. The average Bonchev–Trinajstić information content (AvgIpc) is 3.52. The molecule has 4 heterocycles. The van der Waals surface area contributed by atoms with Crippen LogP contribution in [0.1, 0.15) is 41.6 Å². The number of aliphatic imine (C=N–C) groups is 1. The summed E-state index contributed by atoms with van der Waals surface area (Å²) in [7, 11) is 0. The van der Waals surface area contributed by atoms with Gasteiger partial charge in [-0.15, -0.1) is 0 Å². The van der Waals surface area contributed by atoms with Crippen molar-refractivity contribution in [2.45, 2.75) is 24.7 Å². The van der Waals surface area contributed by atoms with Crippen LogP contribution >= 0.6 is 11.3 Å². The Bertz CT molecular complexity index is 1370.